The number of nitrogens with one attached hydrogen (secondary N) is 2. The van der Waals surface area contributed by atoms with Crippen LogP contribution in [-0.4, -0.2) is 13.2 Å². The van der Waals surface area contributed by atoms with Gasteiger partial charge in [0.25, 0.3) is 0 Å². The van der Waals surface area contributed by atoms with Crippen LogP contribution in [0.1, 0.15) is 20.3 Å². The van der Waals surface area contributed by atoms with Crippen LogP contribution in [0, 0.1) is 0 Å². The van der Waals surface area contributed by atoms with Crippen LogP contribution in [0.15, 0.2) is 48.5 Å². The van der Waals surface area contributed by atoms with Crippen LogP contribution in [0.3, 0.4) is 0 Å². The molecule has 0 aliphatic heterocycles. The third-order valence-electron chi connectivity index (χ3n) is 3.30. The van der Waals surface area contributed by atoms with Gasteiger partial charge in [-0.1, -0.05) is 19.1 Å². The molecule has 1 unspecified atom stereocenters. The van der Waals surface area contributed by atoms with Crippen LogP contribution >= 0.6 is 0 Å². The Kier molecular flexibility index (Phi) is 4.88. The smallest absolute Gasteiger partial charge is 0.142 e. The lowest BCUT2D eigenvalue weighted by Crippen LogP contribution is -2.13. The highest BCUT2D eigenvalue weighted by molar-refractivity contribution is 5.67. The molecule has 0 saturated carbocycles. The summed E-state index contributed by atoms with van der Waals surface area (Å²) >= 11 is 0. The van der Waals surface area contributed by atoms with Crippen molar-refractivity contribution in [1.82, 2.24) is 0 Å². The summed E-state index contributed by atoms with van der Waals surface area (Å²) in [6.07, 6.45) is 1.11. The first-order valence-electron chi connectivity index (χ1n) is 6.99. The first kappa shape index (κ1) is 14.3. The minimum Gasteiger partial charge on any atom is -0.495 e. The van der Waals surface area contributed by atoms with Crippen molar-refractivity contribution in [1.29, 1.82) is 0 Å². The van der Waals surface area contributed by atoms with E-state index in [4.69, 9.17) is 4.74 Å². The van der Waals surface area contributed by atoms with Gasteiger partial charge in [-0.25, -0.2) is 0 Å². The zero-order valence-electron chi connectivity index (χ0n) is 12.3. The Hall–Kier alpha value is -2.16. The van der Waals surface area contributed by atoms with Gasteiger partial charge in [0, 0.05) is 17.4 Å². The second-order valence-electron chi connectivity index (χ2n) is 4.86. The molecule has 0 heterocycles. The summed E-state index contributed by atoms with van der Waals surface area (Å²) in [4.78, 5) is 0. The average molecular weight is 270 g/mol. The predicted molar refractivity (Wildman–Crippen MR) is 86.1 cm³/mol. The van der Waals surface area contributed by atoms with E-state index in [1.165, 1.54) is 0 Å². The highest BCUT2D eigenvalue weighted by atomic mass is 16.5. The SMILES string of the molecule is CCC(C)Nc1ccc(Nc2ccccc2OC)cc1. The summed E-state index contributed by atoms with van der Waals surface area (Å²) in [7, 11) is 1.68. The Balaban J connectivity index is 2.07. The van der Waals surface area contributed by atoms with Crippen molar-refractivity contribution in [3.63, 3.8) is 0 Å². The number of hydrogen-bond donors (Lipinski definition) is 2. The fraction of sp³-hybridized carbons (Fsp3) is 0.294. The second kappa shape index (κ2) is 6.85. The van der Waals surface area contributed by atoms with Gasteiger partial charge in [0.05, 0.1) is 12.8 Å². The van der Waals surface area contributed by atoms with E-state index in [0.717, 1.165) is 29.2 Å². The molecule has 2 N–H and O–H groups in total. The molecule has 2 aromatic rings. The maximum absolute atomic E-state index is 5.33. The van der Waals surface area contributed by atoms with Crippen molar-refractivity contribution < 1.29 is 4.74 Å². The van der Waals surface area contributed by atoms with E-state index in [1.54, 1.807) is 7.11 Å². The van der Waals surface area contributed by atoms with Gasteiger partial charge < -0.3 is 15.4 Å². The minimum atomic E-state index is 0.489. The lowest BCUT2D eigenvalue weighted by atomic mass is 10.2. The first-order chi connectivity index (χ1) is 9.72. The molecule has 0 fully saturated rings. The third-order valence-corrected chi connectivity index (χ3v) is 3.30. The van der Waals surface area contributed by atoms with E-state index >= 15 is 0 Å². The van der Waals surface area contributed by atoms with Gasteiger partial charge in [0.1, 0.15) is 5.75 Å². The monoisotopic (exact) mass is 270 g/mol. The normalized spacial score (nSPS) is 11.8. The van der Waals surface area contributed by atoms with Gasteiger partial charge in [0.2, 0.25) is 0 Å². The molecule has 0 bridgehead atoms. The molecule has 0 aliphatic rings. The van der Waals surface area contributed by atoms with Gasteiger partial charge >= 0.3 is 0 Å². The van der Waals surface area contributed by atoms with Crippen molar-refractivity contribution in [3.8, 4) is 5.75 Å². The van der Waals surface area contributed by atoms with Gasteiger partial charge in [-0.3, -0.25) is 0 Å². The molecule has 0 spiro atoms. The van der Waals surface area contributed by atoms with Gasteiger partial charge in [0.15, 0.2) is 0 Å². The number of rotatable bonds is 6. The molecule has 2 aromatic carbocycles. The first-order valence-corrected chi connectivity index (χ1v) is 6.99. The fourth-order valence-electron chi connectivity index (χ4n) is 1.94. The molecule has 106 valence electrons. The molecular formula is C17H22N2O. The van der Waals surface area contributed by atoms with Crippen LogP contribution in [0.4, 0.5) is 17.1 Å². The quantitative estimate of drug-likeness (QED) is 0.801. The van der Waals surface area contributed by atoms with Crippen LogP contribution in [0.2, 0.25) is 0 Å². The largest absolute Gasteiger partial charge is 0.495 e. The summed E-state index contributed by atoms with van der Waals surface area (Å²) in [5.74, 6) is 0.842. The lowest BCUT2D eigenvalue weighted by molar-refractivity contribution is 0.417. The van der Waals surface area contributed by atoms with Crippen LogP contribution in [0.25, 0.3) is 0 Å². The molecule has 20 heavy (non-hydrogen) atoms. The minimum absolute atomic E-state index is 0.489. The maximum atomic E-state index is 5.33. The molecule has 2 rings (SSSR count). The summed E-state index contributed by atoms with van der Waals surface area (Å²) in [5, 5.41) is 6.82. The Labute approximate surface area is 121 Å². The Bertz CT molecular complexity index is 537. The number of ether oxygens (including phenoxy) is 1. The molecule has 1 atom stereocenters. The van der Waals surface area contributed by atoms with E-state index in [0.29, 0.717) is 6.04 Å². The third kappa shape index (κ3) is 3.67. The molecule has 3 heteroatoms. The van der Waals surface area contributed by atoms with E-state index < -0.39 is 0 Å². The average Bonchev–Trinajstić information content (AvgIpc) is 2.49. The summed E-state index contributed by atoms with van der Waals surface area (Å²) in [5.41, 5.74) is 3.16. The zero-order valence-corrected chi connectivity index (χ0v) is 12.3. The molecule has 0 aromatic heterocycles. The maximum Gasteiger partial charge on any atom is 0.142 e. The van der Waals surface area contributed by atoms with Crippen molar-refractivity contribution >= 4 is 17.1 Å². The predicted octanol–water partition coefficient (Wildman–Crippen LogP) is 4.65. The molecule has 0 amide bonds. The van der Waals surface area contributed by atoms with Crippen molar-refractivity contribution in [3.05, 3.63) is 48.5 Å². The Morgan fingerprint density at radius 3 is 2.30 bits per heavy atom. The van der Waals surface area contributed by atoms with Crippen LogP contribution in [0.5, 0.6) is 5.75 Å². The molecule has 0 saturated heterocycles. The molecule has 0 radical (unpaired) electrons. The fourth-order valence-corrected chi connectivity index (χ4v) is 1.94. The summed E-state index contributed by atoms with van der Waals surface area (Å²) < 4.78 is 5.33. The number of methoxy groups -OCH3 is 1. The van der Waals surface area contributed by atoms with Gasteiger partial charge in [-0.05, 0) is 49.7 Å². The topological polar surface area (TPSA) is 33.3 Å². The number of benzene rings is 2. The van der Waals surface area contributed by atoms with Crippen molar-refractivity contribution in [2.75, 3.05) is 17.7 Å². The highest BCUT2D eigenvalue weighted by Crippen LogP contribution is 2.27. The van der Waals surface area contributed by atoms with Gasteiger partial charge in [-0.2, -0.15) is 0 Å². The van der Waals surface area contributed by atoms with Crippen molar-refractivity contribution in [2.24, 2.45) is 0 Å². The van der Waals surface area contributed by atoms with Gasteiger partial charge in [-0.15, -0.1) is 0 Å². The van der Waals surface area contributed by atoms with E-state index in [9.17, 15) is 0 Å². The number of anilines is 3. The molecular weight excluding hydrogens is 248 g/mol. The highest BCUT2D eigenvalue weighted by Gasteiger charge is 2.02. The van der Waals surface area contributed by atoms with Crippen LogP contribution < -0.4 is 15.4 Å². The Morgan fingerprint density at radius 1 is 1.00 bits per heavy atom. The number of hydrogen-bond acceptors (Lipinski definition) is 3. The number of para-hydroxylation sites is 2. The second-order valence-corrected chi connectivity index (χ2v) is 4.86. The molecule has 3 nitrogen and oxygen atoms in total. The van der Waals surface area contributed by atoms with Crippen LogP contribution in [-0.2, 0) is 0 Å². The zero-order chi connectivity index (χ0) is 14.4. The standard InChI is InChI=1S/C17H22N2O/c1-4-13(2)18-14-9-11-15(12-10-14)19-16-7-5-6-8-17(16)20-3/h5-13,18-19H,4H2,1-3H3. The van der Waals surface area contributed by atoms with E-state index in [-0.39, 0.29) is 0 Å². The summed E-state index contributed by atoms with van der Waals surface area (Å²) in [6, 6.07) is 16.7. The molecule has 0 aliphatic carbocycles. The summed E-state index contributed by atoms with van der Waals surface area (Å²) in [6.45, 7) is 4.36. The Morgan fingerprint density at radius 2 is 1.65 bits per heavy atom. The van der Waals surface area contributed by atoms with E-state index in [2.05, 4.69) is 48.7 Å². The van der Waals surface area contributed by atoms with E-state index in [1.807, 2.05) is 24.3 Å². The lowest BCUT2D eigenvalue weighted by Gasteiger charge is -2.14. The van der Waals surface area contributed by atoms with Crippen molar-refractivity contribution in [2.45, 2.75) is 26.3 Å².